The molecule has 1 aromatic rings. The molecule has 8 heteroatoms. The predicted molar refractivity (Wildman–Crippen MR) is 190 cm³/mol. The summed E-state index contributed by atoms with van der Waals surface area (Å²) < 4.78 is 6.75. The quantitative estimate of drug-likeness (QED) is 0.189. The van der Waals surface area contributed by atoms with E-state index in [2.05, 4.69) is 46.9 Å². The Labute approximate surface area is 288 Å². The number of nitrogens with two attached hydrogens (primary N) is 1. The molecule has 1 saturated heterocycles. The molecule has 4 fully saturated rings. The van der Waals surface area contributed by atoms with Gasteiger partial charge in [0.15, 0.2) is 5.13 Å². The number of thiazole rings is 1. The molecule has 47 heavy (non-hydrogen) atoms. The number of nitrogens with one attached hydrogen (secondary N) is 1. The lowest BCUT2D eigenvalue weighted by Crippen LogP contribution is -2.66. The molecular weight excluding hydrogens is 607 g/mol. The molecule has 7 nitrogen and oxygen atoms in total. The van der Waals surface area contributed by atoms with Gasteiger partial charge in [-0.25, -0.2) is 4.98 Å². The Bertz CT molecular complexity index is 1320. The average molecular weight is 672 g/mol. The van der Waals surface area contributed by atoms with Crippen LogP contribution in [0.1, 0.15) is 149 Å². The molecular formula is C39H65N3O4S. The van der Waals surface area contributed by atoms with Crippen LogP contribution >= 0.6 is 11.3 Å². The Morgan fingerprint density at radius 1 is 0.979 bits per heavy atom. The summed E-state index contributed by atoms with van der Waals surface area (Å²) in [6.45, 7) is 19.1. The molecule has 0 radical (unpaired) electrons. The largest absolute Gasteiger partial charge is 0.393 e. The van der Waals surface area contributed by atoms with Crippen molar-refractivity contribution in [3.8, 4) is 0 Å². The van der Waals surface area contributed by atoms with Crippen LogP contribution in [0.25, 0.3) is 0 Å². The molecule has 1 amide bonds. The lowest BCUT2D eigenvalue weighted by atomic mass is 9.35. The number of unbranched alkanes of at least 4 members (excludes halogenated alkanes) is 4. The Hall–Kier alpha value is -1.06. The fourth-order valence-corrected chi connectivity index (χ4v) is 13.9. The standard InChI is InChI=1S/C39H65N3O4S/c1-34(2)27-16-19-37(6)28(22-25(43)31-24(15-18-38(31,37)7)39(8)20-17-29(46-39)35(3,4)45)36(27,5)23-26-32(34)42-33(47-26)41-30(44)14-12-10-9-11-13-21-40/h24-25,27-29,31,43,45H,9-23,40H2,1-8H3,(H,41,42,44)/t24-,25+,27-,28+,29+,31-,36-,37+,38+,39-/m0/s1. The van der Waals surface area contributed by atoms with E-state index < -0.39 is 5.60 Å². The molecule has 10 atom stereocenters. The molecule has 266 valence electrons. The molecule has 6 rings (SSSR count). The van der Waals surface area contributed by atoms with E-state index in [9.17, 15) is 15.0 Å². The van der Waals surface area contributed by atoms with Gasteiger partial charge in [-0.05, 0) is 131 Å². The number of aromatic nitrogens is 1. The Kier molecular flexibility index (Phi) is 9.37. The highest BCUT2D eigenvalue weighted by molar-refractivity contribution is 7.15. The minimum Gasteiger partial charge on any atom is -0.393 e. The first-order chi connectivity index (χ1) is 21.9. The first-order valence-electron chi connectivity index (χ1n) is 19.0. The zero-order chi connectivity index (χ0) is 34.2. The van der Waals surface area contributed by atoms with Gasteiger partial charge in [-0.3, -0.25) is 4.79 Å². The van der Waals surface area contributed by atoms with E-state index in [0.717, 1.165) is 88.7 Å². The number of carbonyl (C=O) groups excluding carboxylic acids is 1. The third-order valence-corrected chi connectivity index (χ3v) is 16.1. The molecule has 0 spiro atoms. The number of anilines is 1. The van der Waals surface area contributed by atoms with Crippen LogP contribution < -0.4 is 11.1 Å². The predicted octanol–water partition coefficient (Wildman–Crippen LogP) is 7.76. The number of aliphatic hydroxyl groups is 2. The fourth-order valence-electron chi connectivity index (χ4n) is 12.6. The van der Waals surface area contributed by atoms with Crippen molar-refractivity contribution in [1.82, 2.24) is 4.98 Å². The van der Waals surface area contributed by atoms with Gasteiger partial charge in [0.25, 0.3) is 0 Å². The number of hydrogen-bond donors (Lipinski definition) is 4. The van der Waals surface area contributed by atoms with E-state index in [4.69, 9.17) is 15.5 Å². The van der Waals surface area contributed by atoms with Gasteiger partial charge < -0.3 is 26.0 Å². The van der Waals surface area contributed by atoms with Crippen molar-refractivity contribution in [3.63, 3.8) is 0 Å². The second-order valence-electron chi connectivity index (χ2n) is 18.6. The van der Waals surface area contributed by atoms with Gasteiger partial charge in [-0.15, -0.1) is 11.3 Å². The van der Waals surface area contributed by atoms with Crippen molar-refractivity contribution < 1.29 is 19.7 Å². The van der Waals surface area contributed by atoms with E-state index in [-0.39, 0.29) is 51.3 Å². The minimum atomic E-state index is -0.856. The summed E-state index contributed by atoms with van der Waals surface area (Å²) in [5.41, 5.74) is 5.69. The zero-order valence-corrected chi connectivity index (χ0v) is 31.5. The third-order valence-electron chi connectivity index (χ3n) is 15.1. The van der Waals surface area contributed by atoms with Crippen molar-refractivity contribution in [3.05, 3.63) is 10.6 Å². The summed E-state index contributed by atoms with van der Waals surface area (Å²) in [6, 6.07) is 0. The van der Waals surface area contributed by atoms with Gasteiger partial charge >= 0.3 is 0 Å². The molecule has 5 N–H and O–H groups in total. The highest BCUT2D eigenvalue weighted by atomic mass is 32.1. The molecule has 1 aliphatic heterocycles. The third kappa shape index (κ3) is 5.76. The highest BCUT2D eigenvalue weighted by Crippen LogP contribution is 2.76. The second-order valence-corrected chi connectivity index (χ2v) is 19.7. The van der Waals surface area contributed by atoms with Crippen molar-refractivity contribution in [2.75, 3.05) is 11.9 Å². The number of hydrogen-bond acceptors (Lipinski definition) is 7. The monoisotopic (exact) mass is 671 g/mol. The molecule has 3 saturated carbocycles. The summed E-state index contributed by atoms with van der Waals surface area (Å²) in [6.07, 6.45) is 13.5. The lowest BCUT2D eigenvalue weighted by molar-refractivity contribution is -0.227. The van der Waals surface area contributed by atoms with Crippen LogP contribution in [0.2, 0.25) is 0 Å². The van der Waals surface area contributed by atoms with Gasteiger partial charge in [-0.1, -0.05) is 53.9 Å². The summed E-state index contributed by atoms with van der Waals surface area (Å²) in [7, 11) is 0. The number of amides is 1. The fraction of sp³-hybridized carbons (Fsp3) is 0.897. The summed E-state index contributed by atoms with van der Waals surface area (Å²) in [5.74, 6) is 1.44. The van der Waals surface area contributed by atoms with Gasteiger partial charge in [0.1, 0.15) is 0 Å². The minimum absolute atomic E-state index is 0.0226. The van der Waals surface area contributed by atoms with Crippen LogP contribution in [0.15, 0.2) is 0 Å². The number of fused-ring (bicyclic) bond motifs is 6. The molecule has 0 bridgehead atoms. The number of aliphatic hydroxyl groups excluding tert-OH is 1. The van der Waals surface area contributed by atoms with E-state index in [1.165, 1.54) is 17.0 Å². The van der Waals surface area contributed by atoms with Gasteiger partial charge in [0.2, 0.25) is 5.91 Å². The van der Waals surface area contributed by atoms with E-state index >= 15 is 0 Å². The number of rotatable bonds is 10. The van der Waals surface area contributed by atoms with Crippen LogP contribution in [-0.4, -0.2) is 51.1 Å². The summed E-state index contributed by atoms with van der Waals surface area (Å²) >= 11 is 1.69. The van der Waals surface area contributed by atoms with Crippen LogP contribution in [0.5, 0.6) is 0 Å². The SMILES string of the molecule is CC(C)(O)[C@H]1CC[C@@](C)([C@H]2CC[C@]3(C)[C@@H]2[C@H](O)C[C@@H]2[C@@]4(C)Cc5sc(NC(=O)CCCCCCCN)nc5C(C)(C)[C@@H]4CC[C@]23C)O1. The summed E-state index contributed by atoms with van der Waals surface area (Å²) in [4.78, 5) is 19.3. The van der Waals surface area contributed by atoms with Crippen LogP contribution in [0.4, 0.5) is 5.13 Å². The number of nitrogens with zero attached hydrogens (tertiary/aromatic N) is 1. The maximum Gasteiger partial charge on any atom is 0.226 e. The topological polar surface area (TPSA) is 118 Å². The molecule has 2 heterocycles. The lowest BCUT2D eigenvalue weighted by Gasteiger charge is -2.69. The van der Waals surface area contributed by atoms with E-state index in [0.29, 0.717) is 24.2 Å². The Balaban J connectivity index is 1.22. The first kappa shape index (κ1) is 35.8. The summed E-state index contributed by atoms with van der Waals surface area (Å²) in [5, 5.41) is 27.0. The van der Waals surface area contributed by atoms with Gasteiger partial charge in [-0.2, -0.15) is 0 Å². The number of ether oxygens (including phenoxy) is 1. The van der Waals surface area contributed by atoms with Gasteiger partial charge in [0.05, 0.1) is 29.1 Å². The first-order valence-corrected chi connectivity index (χ1v) is 19.8. The second kappa shape index (κ2) is 12.3. The average Bonchev–Trinajstić information content (AvgIpc) is 3.68. The highest BCUT2D eigenvalue weighted by Gasteiger charge is 2.72. The molecule has 1 aromatic heterocycles. The maximum absolute atomic E-state index is 12.9. The van der Waals surface area contributed by atoms with Crippen molar-refractivity contribution in [1.29, 1.82) is 0 Å². The molecule has 4 aliphatic carbocycles. The smallest absolute Gasteiger partial charge is 0.226 e. The van der Waals surface area contributed by atoms with E-state index in [1.807, 2.05) is 13.8 Å². The van der Waals surface area contributed by atoms with Gasteiger partial charge in [0, 0.05) is 16.7 Å². The molecule has 0 aromatic carbocycles. The van der Waals surface area contributed by atoms with Crippen molar-refractivity contribution >= 4 is 22.4 Å². The van der Waals surface area contributed by atoms with Crippen molar-refractivity contribution in [2.24, 2.45) is 45.7 Å². The Morgan fingerprint density at radius 3 is 2.34 bits per heavy atom. The van der Waals surface area contributed by atoms with Crippen LogP contribution in [0, 0.1) is 39.9 Å². The van der Waals surface area contributed by atoms with Crippen LogP contribution in [0.3, 0.4) is 0 Å². The number of carbonyl (C=O) groups is 1. The molecule has 5 aliphatic rings. The normalized spacial score (nSPS) is 42.4. The van der Waals surface area contributed by atoms with E-state index in [1.54, 1.807) is 11.3 Å². The van der Waals surface area contributed by atoms with Crippen molar-refractivity contribution in [2.45, 2.75) is 174 Å². The van der Waals surface area contributed by atoms with Crippen LogP contribution in [-0.2, 0) is 21.4 Å². The maximum atomic E-state index is 12.9. The Morgan fingerprint density at radius 2 is 1.66 bits per heavy atom. The molecule has 0 unspecified atom stereocenters. The zero-order valence-electron chi connectivity index (χ0n) is 30.7.